The molecule has 0 aromatic carbocycles. The fourth-order valence-corrected chi connectivity index (χ4v) is 2.63. The summed E-state index contributed by atoms with van der Waals surface area (Å²) in [7, 11) is 0. The fourth-order valence-electron chi connectivity index (χ4n) is 2.63. The van der Waals surface area contributed by atoms with Gasteiger partial charge in [-0.25, -0.2) is 0 Å². The van der Waals surface area contributed by atoms with Gasteiger partial charge in [-0.3, -0.25) is 0 Å². The Labute approximate surface area is 86.2 Å². The molecular formula is C13H18O. The summed E-state index contributed by atoms with van der Waals surface area (Å²) in [5.74, 6) is 8.51. The normalized spacial score (nSPS) is 39.3. The SMILES string of the molecule is CCC#CCC=CC1C2CC(O)CC12. The number of hydrogen-bond donors (Lipinski definition) is 1. The minimum Gasteiger partial charge on any atom is -0.393 e. The van der Waals surface area contributed by atoms with Crippen LogP contribution in [0.2, 0.25) is 0 Å². The van der Waals surface area contributed by atoms with Gasteiger partial charge in [0, 0.05) is 12.8 Å². The van der Waals surface area contributed by atoms with Crippen molar-refractivity contribution in [1.82, 2.24) is 0 Å². The summed E-state index contributed by atoms with van der Waals surface area (Å²) >= 11 is 0. The van der Waals surface area contributed by atoms with E-state index in [-0.39, 0.29) is 6.10 Å². The predicted octanol–water partition coefficient (Wildman–Crippen LogP) is 2.36. The molecule has 0 amide bonds. The van der Waals surface area contributed by atoms with E-state index in [0.717, 1.165) is 43.4 Å². The van der Waals surface area contributed by atoms with E-state index in [1.807, 2.05) is 0 Å². The lowest BCUT2D eigenvalue weighted by Gasteiger charge is -2.03. The van der Waals surface area contributed by atoms with E-state index in [0.29, 0.717) is 0 Å². The van der Waals surface area contributed by atoms with Crippen LogP contribution < -0.4 is 0 Å². The molecule has 2 fully saturated rings. The van der Waals surface area contributed by atoms with Crippen molar-refractivity contribution in [2.45, 2.75) is 38.7 Å². The van der Waals surface area contributed by atoms with Gasteiger partial charge in [0.15, 0.2) is 0 Å². The molecule has 2 aliphatic rings. The molecule has 0 aromatic rings. The van der Waals surface area contributed by atoms with Crippen LogP contribution in [0.5, 0.6) is 0 Å². The van der Waals surface area contributed by atoms with Gasteiger partial charge in [0.2, 0.25) is 0 Å². The Kier molecular flexibility index (Phi) is 2.93. The molecule has 0 radical (unpaired) electrons. The number of hydrogen-bond acceptors (Lipinski definition) is 1. The monoisotopic (exact) mass is 190 g/mol. The molecule has 1 nitrogen and oxygen atoms in total. The summed E-state index contributed by atoms with van der Waals surface area (Å²) < 4.78 is 0. The summed E-state index contributed by atoms with van der Waals surface area (Å²) in [5.41, 5.74) is 0. The van der Waals surface area contributed by atoms with Crippen molar-refractivity contribution in [3.8, 4) is 11.8 Å². The lowest BCUT2D eigenvalue weighted by Crippen LogP contribution is -2.03. The van der Waals surface area contributed by atoms with Gasteiger partial charge in [0.1, 0.15) is 0 Å². The Balaban J connectivity index is 1.69. The first-order valence-electron chi connectivity index (χ1n) is 5.63. The minimum atomic E-state index is -0.00506. The summed E-state index contributed by atoms with van der Waals surface area (Å²) in [6.07, 6.45) is 8.40. The summed E-state index contributed by atoms with van der Waals surface area (Å²) in [6.45, 7) is 2.07. The smallest absolute Gasteiger partial charge is 0.0546 e. The molecule has 14 heavy (non-hydrogen) atoms. The molecule has 1 N–H and O–H groups in total. The molecular weight excluding hydrogens is 172 g/mol. The summed E-state index contributed by atoms with van der Waals surface area (Å²) in [5, 5.41) is 9.34. The zero-order valence-electron chi connectivity index (χ0n) is 8.74. The average Bonchev–Trinajstić information content (AvgIpc) is 2.63. The molecule has 0 aliphatic heterocycles. The molecule has 2 unspecified atom stereocenters. The van der Waals surface area contributed by atoms with Crippen LogP contribution in [-0.4, -0.2) is 11.2 Å². The average molecular weight is 190 g/mol. The van der Waals surface area contributed by atoms with Gasteiger partial charge in [-0.1, -0.05) is 25.0 Å². The molecule has 0 saturated heterocycles. The molecule has 2 aliphatic carbocycles. The Morgan fingerprint density at radius 2 is 2.00 bits per heavy atom. The largest absolute Gasteiger partial charge is 0.393 e. The first-order chi connectivity index (χ1) is 6.83. The molecule has 0 spiro atoms. The molecule has 76 valence electrons. The van der Waals surface area contributed by atoms with Gasteiger partial charge in [-0.15, -0.1) is 5.92 Å². The number of aliphatic hydroxyl groups is 1. The first kappa shape index (κ1) is 9.80. The quantitative estimate of drug-likeness (QED) is 0.523. The minimum absolute atomic E-state index is 0.00506. The van der Waals surface area contributed by atoms with Gasteiger partial charge >= 0.3 is 0 Å². The lowest BCUT2D eigenvalue weighted by molar-refractivity contribution is 0.164. The summed E-state index contributed by atoms with van der Waals surface area (Å²) in [6, 6.07) is 0. The molecule has 2 atom stereocenters. The number of allylic oxidation sites excluding steroid dienone is 2. The van der Waals surface area contributed by atoms with Crippen LogP contribution >= 0.6 is 0 Å². The summed E-state index contributed by atoms with van der Waals surface area (Å²) in [4.78, 5) is 0. The standard InChI is InChI=1S/C13H18O/c1-2-3-4-5-6-7-11-12-8-10(14)9-13(11)12/h6-7,10-14H,2,5,8-9H2,1H3. The highest BCUT2D eigenvalue weighted by Crippen LogP contribution is 2.58. The highest BCUT2D eigenvalue weighted by molar-refractivity contribution is 5.15. The zero-order valence-corrected chi connectivity index (χ0v) is 8.74. The van der Waals surface area contributed by atoms with Crippen LogP contribution in [0.1, 0.15) is 32.6 Å². The Bertz CT molecular complexity index is 269. The number of rotatable bonds is 2. The highest BCUT2D eigenvalue weighted by Gasteiger charge is 2.53. The van der Waals surface area contributed by atoms with Crippen molar-refractivity contribution in [3.63, 3.8) is 0 Å². The van der Waals surface area contributed by atoms with Gasteiger partial charge in [-0.2, -0.15) is 0 Å². The van der Waals surface area contributed by atoms with Gasteiger partial charge < -0.3 is 5.11 Å². The van der Waals surface area contributed by atoms with Crippen molar-refractivity contribution in [2.75, 3.05) is 0 Å². The maximum atomic E-state index is 9.34. The molecule has 2 rings (SSSR count). The van der Waals surface area contributed by atoms with Crippen molar-refractivity contribution in [3.05, 3.63) is 12.2 Å². The van der Waals surface area contributed by atoms with E-state index in [1.165, 1.54) is 0 Å². The van der Waals surface area contributed by atoms with Crippen LogP contribution in [0.4, 0.5) is 0 Å². The van der Waals surface area contributed by atoms with E-state index in [1.54, 1.807) is 0 Å². The van der Waals surface area contributed by atoms with Crippen molar-refractivity contribution in [2.24, 2.45) is 17.8 Å². The molecule has 2 saturated carbocycles. The number of aliphatic hydroxyl groups excluding tert-OH is 1. The first-order valence-corrected chi connectivity index (χ1v) is 5.63. The van der Waals surface area contributed by atoms with E-state index in [4.69, 9.17) is 0 Å². The Morgan fingerprint density at radius 3 is 2.64 bits per heavy atom. The van der Waals surface area contributed by atoms with Crippen LogP contribution in [0, 0.1) is 29.6 Å². The topological polar surface area (TPSA) is 20.2 Å². The second-order valence-electron chi connectivity index (χ2n) is 4.37. The maximum absolute atomic E-state index is 9.34. The second-order valence-corrected chi connectivity index (χ2v) is 4.37. The van der Waals surface area contributed by atoms with E-state index >= 15 is 0 Å². The molecule has 0 aromatic heterocycles. The third kappa shape index (κ3) is 2.01. The molecule has 0 heterocycles. The Morgan fingerprint density at radius 1 is 1.29 bits per heavy atom. The van der Waals surface area contributed by atoms with Gasteiger partial charge in [0.25, 0.3) is 0 Å². The highest BCUT2D eigenvalue weighted by atomic mass is 16.3. The van der Waals surface area contributed by atoms with Gasteiger partial charge in [-0.05, 0) is 30.6 Å². The molecule has 1 heteroatoms. The fraction of sp³-hybridized carbons (Fsp3) is 0.692. The van der Waals surface area contributed by atoms with Gasteiger partial charge in [0.05, 0.1) is 6.10 Å². The maximum Gasteiger partial charge on any atom is 0.0546 e. The van der Waals surface area contributed by atoms with E-state index in [9.17, 15) is 5.11 Å². The van der Waals surface area contributed by atoms with Crippen molar-refractivity contribution >= 4 is 0 Å². The van der Waals surface area contributed by atoms with Crippen molar-refractivity contribution in [1.29, 1.82) is 0 Å². The molecule has 0 bridgehead atoms. The number of fused-ring (bicyclic) bond motifs is 1. The van der Waals surface area contributed by atoms with Crippen molar-refractivity contribution < 1.29 is 5.11 Å². The van der Waals surface area contributed by atoms with E-state index < -0.39 is 0 Å². The third-order valence-electron chi connectivity index (χ3n) is 3.37. The van der Waals surface area contributed by atoms with Crippen LogP contribution in [0.15, 0.2) is 12.2 Å². The van der Waals surface area contributed by atoms with E-state index in [2.05, 4.69) is 30.9 Å². The lowest BCUT2D eigenvalue weighted by atomic mass is 10.1. The Hall–Kier alpha value is -0.740. The van der Waals surface area contributed by atoms with Crippen LogP contribution in [0.25, 0.3) is 0 Å². The third-order valence-corrected chi connectivity index (χ3v) is 3.37. The predicted molar refractivity (Wildman–Crippen MR) is 57.5 cm³/mol. The van der Waals surface area contributed by atoms with Crippen LogP contribution in [-0.2, 0) is 0 Å². The zero-order chi connectivity index (χ0) is 9.97. The van der Waals surface area contributed by atoms with Crippen LogP contribution in [0.3, 0.4) is 0 Å². The second kappa shape index (κ2) is 4.19.